The van der Waals surface area contributed by atoms with Crippen LogP contribution in [-0.4, -0.2) is 99.6 Å². The number of benzene rings is 2. The monoisotopic (exact) mass is 582 g/mol. The summed E-state index contributed by atoms with van der Waals surface area (Å²) in [6, 6.07) is 12.5. The van der Waals surface area contributed by atoms with Crippen LogP contribution >= 0.6 is 23.2 Å². The minimum absolute atomic E-state index is 0.0819. The Labute approximate surface area is 233 Å². The van der Waals surface area contributed by atoms with Gasteiger partial charge in [0.1, 0.15) is 0 Å². The fourth-order valence-electron chi connectivity index (χ4n) is 4.49. The van der Waals surface area contributed by atoms with Crippen LogP contribution in [0.25, 0.3) is 0 Å². The molecule has 206 valence electrons. The second-order valence-corrected chi connectivity index (χ2v) is 12.1. The van der Waals surface area contributed by atoms with Crippen molar-refractivity contribution in [2.75, 3.05) is 80.7 Å². The van der Waals surface area contributed by atoms with Crippen LogP contribution in [0, 0.1) is 0 Å². The molecule has 0 atom stereocenters. The van der Waals surface area contributed by atoms with E-state index < -0.39 is 10.0 Å². The third kappa shape index (κ3) is 7.51. The molecule has 3 amide bonds. The van der Waals surface area contributed by atoms with E-state index in [9.17, 15) is 18.0 Å². The highest BCUT2D eigenvalue weighted by atomic mass is 35.5. The summed E-state index contributed by atoms with van der Waals surface area (Å²) < 4.78 is 24.7. The minimum atomic E-state index is -3.16. The van der Waals surface area contributed by atoms with E-state index in [1.54, 1.807) is 23.1 Å². The standard InChI is InChI=1S/C25H32Cl2N6O4S/c1-38(36,37)33-17-11-30(12-18-33)10-9-23(34)28-19-5-7-20(8-6-19)31-13-15-32(16-14-31)25(35)29-24-21(26)3-2-4-22(24)27/h2-8H,9-18H2,1H3,(H,28,34)(H,29,35). The average Bonchev–Trinajstić information content (AvgIpc) is 2.90. The molecule has 10 nitrogen and oxygen atoms in total. The lowest BCUT2D eigenvalue weighted by Crippen LogP contribution is -2.50. The van der Waals surface area contributed by atoms with Gasteiger partial charge in [-0.2, -0.15) is 4.31 Å². The Hall–Kier alpha value is -2.57. The van der Waals surface area contributed by atoms with Crippen molar-refractivity contribution in [1.82, 2.24) is 14.1 Å². The number of rotatable bonds is 7. The number of urea groups is 1. The highest BCUT2D eigenvalue weighted by Gasteiger charge is 2.24. The molecule has 2 fully saturated rings. The van der Waals surface area contributed by atoms with Gasteiger partial charge in [0, 0.05) is 76.7 Å². The molecule has 2 aromatic carbocycles. The molecule has 2 aliphatic heterocycles. The number of hydrogen-bond donors (Lipinski definition) is 2. The maximum atomic E-state index is 12.7. The Bertz CT molecular complexity index is 1220. The topological polar surface area (TPSA) is 105 Å². The zero-order chi connectivity index (χ0) is 27.3. The minimum Gasteiger partial charge on any atom is -0.368 e. The molecular formula is C25H32Cl2N6O4S. The molecule has 2 saturated heterocycles. The van der Waals surface area contributed by atoms with Crippen LogP contribution < -0.4 is 15.5 Å². The lowest BCUT2D eigenvalue weighted by atomic mass is 10.2. The fourth-order valence-corrected chi connectivity index (χ4v) is 5.81. The first-order valence-corrected chi connectivity index (χ1v) is 15.0. The summed E-state index contributed by atoms with van der Waals surface area (Å²) in [4.78, 5) is 31.1. The van der Waals surface area contributed by atoms with Crippen molar-refractivity contribution < 1.29 is 18.0 Å². The van der Waals surface area contributed by atoms with Crippen molar-refractivity contribution in [3.05, 3.63) is 52.5 Å². The van der Waals surface area contributed by atoms with Gasteiger partial charge in [-0.05, 0) is 36.4 Å². The first kappa shape index (κ1) is 28.4. The van der Waals surface area contributed by atoms with E-state index in [0.29, 0.717) is 81.1 Å². The van der Waals surface area contributed by atoms with Crippen LogP contribution in [0.1, 0.15) is 6.42 Å². The van der Waals surface area contributed by atoms with Crippen molar-refractivity contribution in [3.8, 4) is 0 Å². The summed E-state index contributed by atoms with van der Waals surface area (Å²) in [7, 11) is -3.16. The van der Waals surface area contributed by atoms with Gasteiger partial charge in [0.15, 0.2) is 0 Å². The van der Waals surface area contributed by atoms with Gasteiger partial charge in [0.2, 0.25) is 15.9 Å². The third-order valence-electron chi connectivity index (χ3n) is 6.73. The summed E-state index contributed by atoms with van der Waals surface area (Å²) in [5.74, 6) is -0.0819. The molecule has 13 heteroatoms. The second kappa shape index (κ2) is 12.5. The molecule has 38 heavy (non-hydrogen) atoms. The number of anilines is 3. The summed E-state index contributed by atoms with van der Waals surface area (Å²) >= 11 is 12.3. The van der Waals surface area contributed by atoms with Crippen molar-refractivity contribution in [2.24, 2.45) is 0 Å². The number of sulfonamides is 1. The van der Waals surface area contributed by atoms with Crippen molar-refractivity contribution >= 4 is 62.2 Å². The molecule has 0 bridgehead atoms. The van der Waals surface area contributed by atoms with E-state index in [1.165, 1.54) is 10.6 Å². The SMILES string of the molecule is CS(=O)(=O)N1CCN(CCC(=O)Nc2ccc(N3CCN(C(=O)Nc4c(Cl)cccc4Cl)CC3)cc2)CC1. The van der Waals surface area contributed by atoms with Gasteiger partial charge < -0.3 is 25.3 Å². The van der Waals surface area contributed by atoms with Crippen LogP contribution in [0.4, 0.5) is 21.9 Å². The summed E-state index contributed by atoms with van der Waals surface area (Å²) in [6.45, 7) is 5.17. The Kier molecular flexibility index (Phi) is 9.37. The number of piperazine rings is 2. The first-order valence-electron chi connectivity index (χ1n) is 12.4. The molecule has 0 aromatic heterocycles. The number of nitrogens with zero attached hydrogens (tertiary/aromatic N) is 4. The van der Waals surface area contributed by atoms with E-state index in [-0.39, 0.29) is 11.9 Å². The van der Waals surface area contributed by atoms with Crippen molar-refractivity contribution in [3.63, 3.8) is 0 Å². The number of amides is 3. The van der Waals surface area contributed by atoms with Gasteiger partial charge in [-0.25, -0.2) is 13.2 Å². The van der Waals surface area contributed by atoms with Crippen molar-refractivity contribution in [1.29, 1.82) is 0 Å². The molecule has 4 rings (SSSR count). The normalized spacial score (nSPS) is 17.3. The van der Waals surface area contributed by atoms with Gasteiger partial charge in [-0.3, -0.25) is 4.79 Å². The molecule has 2 N–H and O–H groups in total. The number of carbonyl (C=O) groups excluding carboxylic acids is 2. The van der Waals surface area contributed by atoms with Crippen LogP contribution in [0.15, 0.2) is 42.5 Å². The number of hydrogen-bond acceptors (Lipinski definition) is 6. The molecule has 0 aliphatic carbocycles. The maximum absolute atomic E-state index is 12.7. The smallest absolute Gasteiger partial charge is 0.322 e. The third-order valence-corrected chi connectivity index (χ3v) is 8.67. The molecule has 2 heterocycles. The summed E-state index contributed by atoms with van der Waals surface area (Å²) in [5, 5.41) is 6.51. The Morgan fingerprint density at radius 1 is 0.842 bits per heavy atom. The number of nitrogens with one attached hydrogen (secondary N) is 2. The lowest BCUT2D eigenvalue weighted by Gasteiger charge is -2.36. The average molecular weight is 584 g/mol. The highest BCUT2D eigenvalue weighted by Crippen LogP contribution is 2.30. The Morgan fingerprint density at radius 3 is 2.03 bits per heavy atom. The van der Waals surface area contributed by atoms with Gasteiger partial charge >= 0.3 is 6.03 Å². The molecule has 2 aromatic rings. The van der Waals surface area contributed by atoms with Crippen LogP contribution in [0.5, 0.6) is 0 Å². The van der Waals surface area contributed by atoms with Gasteiger partial charge in [-0.1, -0.05) is 29.3 Å². The van der Waals surface area contributed by atoms with Gasteiger partial charge in [0.25, 0.3) is 0 Å². The molecule has 0 saturated carbocycles. The van der Waals surface area contributed by atoms with Crippen LogP contribution in [0.3, 0.4) is 0 Å². The number of carbonyl (C=O) groups is 2. The molecule has 0 spiro atoms. The molecular weight excluding hydrogens is 551 g/mol. The van der Waals surface area contributed by atoms with E-state index in [4.69, 9.17) is 23.2 Å². The summed E-state index contributed by atoms with van der Waals surface area (Å²) in [5.41, 5.74) is 2.15. The second-order valence-electron chi connectivity index (χ2n) is 9.35. The van der Waals surface area contributed by atoms with Crippen molar-refractivity contribution in [2.45, 2.75) is 6.42 Å². The Morgan fingerprint density at radius 2 is 1.45 bits per heavy atom. The number of halogens is 2. The zero-order valence-electron chi connectivity index (χ0n) is 21.2. The van der Waals surface area contributed by atoms with Crippen LogP contribution in [0.2, 0.25) is 10.0 Å². The highest BCUT2D eigenvalue weighted by molar-refractivity contribution is 7.88. The first-order chi connectivity index (χ1) is 18.1. The molecule has 0 radical (unpaired) electrons. The maximum Gasteiger partial charge on any atom is 0.322 e. The fraction of sp³-hybridized carbons (Fsp3) is 0.440. The quantitative estimate of drug-likeness (QED) is 0.519. The van der Waals surface area contributed by atoms with Gasteiger partial charge in [-0.15, -0.1) is 0 Å². The predicted molar refractivity (Wildman–Crippen MR) is 152 cm³/mol. The van der Waals surface area contributed by atoms with E-state index in [0.717, 1.165) is 11.4 Å². The molecule has 2 aliphatic rings. The Balaban J connectivity index is 1.19. The van der Waals surface area contributed by atoms with E-state index in [1.807, 2.05) is 24.3 Å². The zero-order valence-corrected chi connectivity index (χ0v) is 23.5. The summed E-state index contributed by atoms with van der Waals surface area (Å²) in [6.07, 6.45) is 1.56. The van der Waals surface area contributed by atoms with Gasteiger partial charge in [0.05, 0.1) is 22.0 Å². The number of para-hydroxylation sites is 1. The van der Waals surface area contributed by atoms with E-state index >= 15 is 0 Å². The lowest BCUT2D eigenvalue weighted by molar-refractivity contribution is -0.116. The van der Waals surface area contributed by atoms with E-state index in [2.05, 4.69) is 20.4 Å². The molecule has 0 unspecified atom stereocenters. The van der Waals surface area contributed by atoms with Crippen LogP contribution in [-0.2, 0) is 14.8 Å². The predicted octanol–water partition coefficient (Wildman–Crippen LogP) is 3.25. The largest absolute Gasteiger partial charge is 0.368 e.